The Hall–Kier alpha value is -2.42. The fraction of sp³-hybridized carbons (Fsp3) is 0.263. The molecule has 0 fully saturated rings. The third-order valence-corrected chi connectivity index (χ3v) is 3.39. The average molecular weight is 296 g/mol. The van der Waals surface area contributed by atoms with Crippen molar-refractivity contribution in [3.8, 4) is 0 Å². The molecule has 0 amide bonds. The van der Waals surface area contributed by atoms with Crippen molar-refractivity contribution in [1.29, 1.82) is 0 Å². The third-order valence-electron chi connectivity index (χ3n) is 3.39. The van der Waals surface area contributed by atoms with E-state index < -0.39 is 5.92 Å². The maximum absolute atomic E-state index is 12.5. The Bertz CT molecular complexity index is 659. The lowest BCUT2D eigenvalue weighted by Gasteiger charge is -2.14. The van der Waals surface area contributed by atoms with Gasteiger partial charge in [0, 0.05) is 11.1 Å². The normalized spacial score (nSPS) is 12.0. The summed E-state index contributed by atoms with van der Waals surface area (Å²) in [7, 11) is 0. The van der Waals surface area contributed by atoms with Crippen molar-refractivity contribution in [2.75, 3.05) is 0 Å². The largest absolute Gasteiger partial charge is 0.463 e. The molecule has 0 heterocycles. The summed E-state index contributed by atoms with van der Waals surface area (Å²) in [6, 6.07) is 16.3. The second-order valence-electron chi connectivity index (χ2n) is 5.53. The maximum Gasteiger partial charge on any atom is 0.313 e. The van der Waals surface area contributed by atoms with E-state index in [0.717, 1.165) is 5.56 Å². The monoisotopic (exact) mass is 296 g/mol. The summed E-state index contributed by atoms with van der Waals surface area (Å²) >= 11 is 0. The number of benzene rings is 2. The molecule has 0 saturated carbocycles. The highest BCUT2D eigenvalue weighted by Gasteiger charge is 2.19. The number of carbonyl (C=O) groups excluding carboxylic acids is 2. The summed E-state index contributed by atoms with van der Waals surface area (Å²) in [6.07, 6.45) is -0.149. The van der Waals surface area contributed by atoms with Crippen LogP contribution in [0.5, 0.6) is 0 Å². The number of hydrogen-bond donors (Lipinski definition) is 0. The molecule has 0 aromatic heterocycles. The van der Waals surface area contributed by atoms with Gasteiger partial charge in [0.25, 0.3) is 0 Å². The van der Waals surface area contributed by atoms with E-state index >= 15 is 0 Å². The van der Waals surface area contributed by atoms with Crippen molar-refractivity contribution in [2.45, 2.75) is 32.8 Å². The summed E-state index contributed by atoms with van der Waals surface area (Å²) < 4.78 is 5.23. The van der Waals surface area contributed by atoms with Crippen LogP contribution in [0, 0.1) is 0 Å². The smallest absolute Gasteiger partial charge is 0.313 e. The summed E-state index contributed by atoms with van der Waals surface area (Å²) in [5.74, 6) is -0.725. The highest BCUT2D eigenvalue weighted by molar-refractivity contribution is 6.09. The van der Waals surface area contributed by atoms with Gasteiger partial charge in [-0.3, -0.25) is 9.59 Å². The standard InChI is InChI=1S/C19H20O3/c1-13(2)22-19(21)14(3)16-10-7-11-17(12-16)18(20)15-8-5-4-6-9-15/h4-14H,1-3H3/t14-/m0/s1. The van der Waals surface area contributed by atoms with E-state index in [-0.39, 0.29) is 17.9 Å². The third kappa shape index (κ3) is 3.82. The topological polar surface area (TPSA) is 43.4 Å². The molecule has 3 nitrogen and oxygen atoms in total. The van der Waals surface area contributed by atoms with Gasteiger partial charge in [-0.15, -0.1) is 0 Å². The molecule has 0 aliphatic carbocycles. The zero-order valence-corrected chi connectivity index (χ0v) is 13.1. The van der Waals surface area contributed by atoms with Crippen molar-refractivity contribution in [2.24, 2.45) is 0 Å². The molecule has 0 bridgehead atoms. The van der Waals surface area contributed by atoms with Gasteiger partial charge in [0.1, 0.15) is 0 Å². The maximum atomic E-state index is 12.5. The summed E-state index contributed by atoms with van der Waals surface area (Å²) in [5, 5.41) is 0. The van der Waals surface area contributed by atoms with Crippen molar-refractivity contribution in [3.63, 3.8) is 0 Å². The van der Waals surface area contributed by atoms with Gasteiger partial charge in [0.15, 0.2) is 5.78 Å². The molecule has 0 aliphatic rings. The number of rotatable bonds is 5. The molecular formula is C19H20O3. The first-order valence-electron chi connectivity index (χ1n) is 7.39. The molecule has 2 aromatic rings. The minimum absolute atomic E-state index is 0.0492. The van der Waals surface area contributed by atoms with Gasteiger partial charge < -0.3 is 4.74 Å². The Labute approximate surface area is 130 Å². The van der Waals surface area contributed by atoms with Crippen molar-refractivity contribution in [3.05, 3.63) is 71.3 Å². The Balaban J connectivity index is 2.23. The fourth-order valence-corrected chi connectivity index (χ4v) is 2.18. The van der Waals surface area contributed by atoms with Gasteiger partial charge >= 0.3 is 5.97 Å². The number of hydrogen-bond acceptors (Lipinski definition) is 3. The summed E-state index contributed by atoms with van der Waals surface area (Å²) in [4.78, 5) is 24.5. The first-order valence-corrected chi connectivity index (χ1v) is 7.39. The number of esters is 1. The first-order chi connectivity index (χ1) is 10.5. The average Bonchev–Trinajstić information content (AvgIpc) is 2.53. The van der Waals surface area contributed by atoms with E-state index in [0.29, 0.717) is 11.1 Å². The van der Waals surface area contributed by atoms with Gasteiger partial charge in [-0.25, -0.2) is 0 Å². The minimum Gasteiger partial charge on any atom is -0.463 e. The van der Waals surface area contributed by atoms with Crippen molar-refractivity contribution >= 4 is 11.8 Å². The van der Waals surface area contributed by atoms with Crippen LogP contribution in [-0.2, 0) is 9.53 Å². The molecular weight excluding hydrogens is 276 g/mol. The second-order valence-corrected chi connectivity index (χ2v) is 5.53. The molecule has 2 aromatic carbocycles. The molecule has 0 saturated heterocycles. The molecule has 0 radical (unpaired) electrons. The van der Waals surface area contributed by atoms with Crippen LogP contribution >= 0.6 is 0 Å². The second kappa shape index (κ2) is 7.03. The van der Waals surface area contributed by atoms with Gasteiger partial charge in [-0.2, -0.15) is 0 Å². The highest BCUT2D eigenvalue weighted by Crippen LogP contribution is 2.20. The summed E-state index contributed by atoms with van der Waals surface area (Å²) in [6.45, 7) is 5.43. The van der Waals surface area contributed by atoms with Crippen molar-refractivity contribution in [1.82, 2.24) is 0 Å². The number of ketones is 1. The van der Waals surface area contributed by atoms with E-state index in [1.54, 1.807) is 37.3 Å². The quantitative estimate of drug-likeness (QED) is 0.619. The summed E-state index contributed by atoms with van der Waals surface area (Å²) in [5.41, 5.74) is 2.00. The highest BCUT2D eigenvalue weighted by atomic mass is 16.5. The van der Waals surface area contributed by atoms with E-state index in [9.17, 15) is 9.59 Å². The van der Waals surface area contributed by atoms with Crippen LogP contribution in [-0.4, -0.2) is 17.9 Å². The molecule has 0 spiro atoms. The SMILES string of the molecule is CC(C)OC(=O)[C@@H](C)c1cccc(C(=O)c2ccccc2)c1. The fourth-order valence-electron chi connectivity index (χ4n) is 2.18. The first kappa shape index (κ1) is 16.0. The van der Waals surface area contributed by atoms with Crippen molar-refractivity contribution < 1.29 is 14.3 Å². The van der Waals surface area contributed by atoms with Crippen LogP contribution in [0.15, 0.2) is 54.6 Å². The molecule has 1 atom stereocenters. The van der Waals surface area contributed by atoms with Crippen LogP contribution in [0.4, 0.5) is 0 Å². The lowest BCUT2D eigenvalue weighted by molar-refractivity contribution is -0.148. The lowest BCUT2D eigenvalue weighted by atomic mass is 9.96. The van der Waals surface area contributed by atoms with E-state index in [1.165, 1.54) is 0 Å². The van der Waals surface area contributed by atoms with Crippen LogP contribution in [0.1, 0.15) is 48.2 Å². The zero-order chi connectivity index (χ0) is 16.1. The number of carbonyl (C=O) groups is 2. The Morgan fingerprint density at radius 3 is 2.14 bits per heavy atom. The van der Waals surface area contributed by atoms with Crippen LogP contribution < -0.4 is 0 Å². The van der Waals surface area contributed by atoms with E-state index in [4.69, 9.17) is 4.74 Å². The molecule has 0 unspecified atom stereocenters. The molecule has 3 heteroatoms. The Kier molecular flexibility index (Phi) is 5.10. The van der Waals surface area contributed by atoms with Gasteiger partial charge in [-0.1, -0.05) is 48.5 Å². The van der Waals surface area contributed by atoms with Gasteiger partial charge in [0.2, 0.25) is 0 Å². The van der Waals surface area contributed by atoms with E-state index in [1.807, 2.05) is 38.1 Å². The van der Waals surface area contributed by atoms with Gasteiger partial charge in [-0.05, 0) is 32.4 Å². The van der Waals surface area contributed by atoms with E-state index in [2.05, 4.69) is 0 Å². The zero-order valence-electron chi connectivity index (χ0n) is 13.1. The number of ether oxygens (including phenoxy) is 1. The van der Waals surface area contributed by atoms with Crippen LogP contribution in [0.25, 0.3) is 0 Å². The Morgan fingerprint density at radius 1 is 0.864 bits per heavy atom. The molecule has 22 heavy (non-hydrogen) atoms. The van der Waals surface area contributed by atoms with Gasteiger partial charge in [0.05, 0.1) is 12.0 Å². The molecule has 0 N–H and O–H groups in total. The minimum atomic E-state index is -0.397. The van der Waals surface area contributed by atoms with Crippen LogP contribution in [0.2, 0.25) is 0 Å². The lowest BCUT2D eigenvalue weighted by Crippen LogP contribution is -2.17. The Morgan fingerprint density at radius 2 is 1.50 bits per heavy atom. The molecule has 114 valence electrons. The predicted octanol–water partition coefficient (Wildman–Crippen LogP) is 3.97. The molecule has 0 aliphatic heterocycles. The predicted molar refractivity (Wildman–Crippen MR) is 86.0 cm³/mol. The van der Waals surface area contributed by atoms with Crippen LogP contribution in [0.3, 0.4) is 0 Å². The molecule has 2 rings (SSSR count).